The summed E-state index contributed by atoms with van der Waals surface area (Å²) in [6.07, 6.45) is 0. The molecule has 2 aromatic carbocycles. The standard InChI is InChI=1S/C22H18N4OS/c1-11(2)16-15(10-23)21(25)26-22-17(16)18(24)20(28-22)19(27)14-8-7-12-5-3-4-6-13(12)9-14/h3-9,11H,24H2,1-2H3,(H2,25,26). The summed E-state index contributed by atoms with van der Waals surface area (Å²) >= 11 is 1.22. The van der Waals surface area contributed by atoms with E-state index in [-0.39, 0.29) is 17.5 Å². The number of carbonyl (C=O) groups excluding carboxylic acids is 1. The Morgan fingerprint density at radius 1 is 1.14 bits per heavy atom. The number of anilines is 2. The first-order valence-electron chi connectivity index (χ1n) is 8.87. The van der Waals surface area contributed by atoms with Gasteiger partial charge in [0.25, 0.3) is 0 Å². The highest BCUT2D eigenvalue weighted by atomic mass is 32.1. The van der Waals surface area contributed by atoms with E-state index in [1.807, 2.05) is 50.2 Å². The Bertz CT molecular complexity index is 1300. The Morgan fingerprint density at radius 2 is 1.86 bits per heavy atom. The van der Waals surface area contributed by atoms with Crippen molar-refractivity contribution < 1.29 is 4.79 Å². The monoisotopic (exact) mass is 386 g/mol. The lowest BCUT2D eigenvalue weighted by molar-refractivity contribution is 0.104. The van der Waals surface area contributed by atoms with Crippen molar-refractivity contribution in [1.29, 1.82) is 5.26 Å². The van der Waals surface area contributed by atoms with Crippen LogP contribution in [0.3, 0.4) is 0 Å². The summed E-state index contributed by atoms with van der Waals surface area (Å²) in [6.45, 7) is 3.94. The summed E-state index contributed by atoms with van der Waals surface area (Å²) in [5.41, 5.74) is 14.4. The minimum atomic E-state index is -0.155. The molecule has 0 saturated carbocycles. The van der Waals surface area contributed by atoms with E-state index >= 15 is 0 Å². The Labute approximate surface area is 166 Å². The highest BCUT2D eigenvalue weighted by Gasteiger charge is 2.25. The molecule has 0 bridgehead atoms. The van der Waals surface area contributed by atoms with E-state index in [1.54, 1.807) is 6.07 Å². The van der Waals surface area contributed by atoms with E-state index in [0.29, 0.717) is 31.9 Å². The summed E-state index contributed by atoms with van der Waals surface area (Å²) in [5.74, 6) is 0.0330. The van der Waals surface area contributed by atoms with Crippen LogP contribution in [0.1, 0.15) is 46.1 Å². The van der Waals surface area contributed by atoms with Crippen LogP contribution in [0.15, 0.2) is 42.5 Å². The molecule has 28 heavy (non-hydrogen) atoms. The van der Waals surface area contributed by atoms with E-state index < -0.39 is 0 Å². The molecule has 0 aliphatic rings. The number of ketones is 1. The zero-order valence-electron chi connectivity index (χ0n) is 15.5. The third-order valence-electron chi connectivity index (χ3n) is 4.85. The number of aromatic nitrogens is 1. The number of pyridine rings is 1. The minimum Gasteiger partial charge on any atom is -0.397 e. The van der Waals surface area contributed by atoms with Gasteiger partial charge >= 0.3 is 0 Å². The van der Waals surface area contributed by atoms with Gasteiger partial charge < -0.3 is 11.5 Å². The number of nitrogens with two attached hydrogens (primary N) is 2. The summed E-state index contributed by atoms with van der Waals surface area (Å²) in [5, 5.41) is 12.2. The number of rotatable bonds is 3. The van der Waals surface area contributed by atoms with Crippen molar-refractivity contribution in [2.45, 2.75) is 19.8 Å². The predicted octanol–water partition coefficient (Wildman–Crippen LogP) is 4.84. The molecule has 138 valence electrons. The van der Waals surface area contributed by atoms with Crippen molar-refractivity contribution >= 4 is 49.6 Å². The largest absolute Gasteiger partial charge is 0.397 e. The summed E-state index contributed by atoms with van der Waals surface area (Å²) < 4.78 is 0. The molecule has 0 radical (unpaired) electrons. The second-order valence-corrected chi connectivity index (χ2v) is 7.97. The fourth-order valence-corrected chi connectivity index (χ4v) is 4.61. The van der Waals surface area contributed by atoms with Gasteiger partial charge in [-0.15, -0.1) is 11.3 Å². The fraction of sp³-hybridized carbons (Fsp3) is 0.136. The van der Waals surface area contributed by atoms with Crippen LogP contribution in [0.25, 0.3) is 21.0 Å². The maximum atomic E-state index is 13.2. The molecule has 2 aromatic heterocycles. The first kappa shape index (κ1) is 18.0. The van der Waals surface area contributed by atoms with E-state index in [9.17, 15) is 10.1 Å². The summed E-state index contributed by atoms with van der Waals surface area (Å²) in [4.78, 5) is 18.6. The van der Waals surface area contributed by atoms with Crippen molar-refractivity contribution in [2.75, 3.05) is 11.5 Å². The number of nitrogens with zero attached hydrogens (tertiary/aromatic N) is 2. The smallest absolute Gasteiger partial charge is 0.205 e. The highest BCUT2D eigenvalue weighted by molar-refractivity contribution is 7.21. The van der Waals surface area contributed by atoms with Crippen molar-refractivity contribution in [3.63, 3.8) is 0 Å². The average molecular weight is 386 g/mol. The molecule has 4 aromatic rings. The van der Waals surface area contributed by atoms with Crippen LogP contribution < -0.4 is 11.5 Å². The number of nitriles is 1. The molecule has 0 fully saturated rings. The van der Waals surface area contributed by atoms with Gasteiger partial charge in [-0.05, 0) is 28.3 Å². The maximum absolute atomic E-state index is 13.2. The minimum absolute atomic E-state index is 0.0166. The topological polar surface area (TPSA) is 106 Å². The zero-order chi connectivity index (χ0) is 20.0. The summed E-state index contributed by atoms with van der Waals surface area (Å²) in [6, 6.07) is 15.6. The Kier molecular flexibility index (Phi) is 4.25. The predicted molar refractivity (Wildman–Crippen MR) is 115 cm³/mol. The molecule has 0 aliphatic carbocycles. The fourth-order valence-electron chi connectivity index (χ4n) is 3.52. The van der Waals surface area contributed by atoms with E-state index in [1.165, 1.54) is 11.3 Å². The molecular formula is C22H18N4OS. The Balaban J connectivity index is 1.93. The van der Waals surface area contributed by atoms with Gasteiger partial charge in [-0.25, -0.2) is 4.98 Å². The number of fused-ring (bicyclic) bond motifs is 2. The highest BCUT2D eigenvalue weighted by Crippen LogP contribution is 2.41. The molecule has 4 N–H and O–H groups in total. The second kappa shape index (κ2) is 6.63. The molecule has 5 nitrogen and oxygen atoms in total. The first-order chi connectivity index (χ1) is 13.4. The normalized spacial score (nSPS) is 11.2. The van der Waals surface area contributed by atoms with Crippen LogP contribution in [0.5, 0.6) is 0 Å². The van der Waals surface area contributed by atoms with Gasteiger partial charge in [-0.1, -0.05) is 50.2 Å². The molecule has 0 atom stereocenters. The van der Waals surface area contributed by atoms with Crippen molar-refractivity contribution in [1.82, 2.24) is 4.98 Å². The number of thiophene rings is 1. The first-order valence-corrected chi connectivity index (χ1v) is 9.69. The van der Waals surface area contributed by atoms with Crippen LogP contribution in [-0.2, 0) is 0 Å². The van der Waals surface area contributed by atoms with Gasteiger partial charge in [0.05, 0.1) is 11.3 Å². The van der Waals surface area contributed by atoms with E-state index in [0.717, 1.165) is 16.3 Å². The molecule has 4 rings (SSSR count). The molecule has 2 heterocycles. The third kappa shape index (κ3) is 2.68. The number of hydrogen-bond donors (Lipinski definition) is 2. The lowest BCUT2D eigenvalue weighted by Gasteiger charge is -2.12. The van der Waals surface area contributed by atoms with Gasteiger partial charge in [0.1, 0.15) is 21.6 Å². The van der Waals surface area contributed by atoms with Gasteiger partial charge in [0.2, 0.25) is 5.78 Å². The van der Waals surface area contributed by atoms with E-state index in [4.69, 9.17) is 11.5 Å². The van der Waals surface area contributed by atoms with Crippen LogP contribution in [0.4, 0.5) is 11.5 Å². The lowest BCUT2D eigenvalue weighted by Crippen LogP contribution is -2.04. The van der Waals surface area contributed by atoms with Crippen LogP contribution in [0, 0.1) is 11.3 Å². The summed E-state index contributed by atoms with van der Waals surface area (Å²) in [7, 11) is 0. The molecule has 0 spiro atoms. The van der Waals surface area contributed by atoms with Crippen LogP contribution >= 0.6 is 11.3 Å². The Morgan fingerprint density at radius 3 is 2.54 bits per heavy atom. The van der Waals surface area contributed by atoms with Crippen LogP contribution in [0.2, 0.25) is 0 Å². The van der Waals surface area contributed by atoms with Crippen molar-refractivity contribution in [2.24, 2.45) is 0 Å². The molecule has 0 unspecified atom stereocenters. The van der Waals surface area contributed by atoms with Crippen molar-refractivity contribution in [3.8, 4) is 6.07 Å². The number of carbonyl (C=O) groups is 1. The van der Waals surface area contributed by atoms with Crippen molar-refractivity contribution in [3.05, 3.63) is 64.0 Å². The van der Waals surface area contributed by atoms with Crippen LogP contribution in [-0.4, -0.2) is 10.8 Å². The number of benzene rings is 2. The average Bonchev–Trinajstić information content (AvgIpc) is 3.01. The zero-order valence-corrected chi connectivity index (χ0v) is 16.3. The molecule has 0 saturated heterocycles. The molecule has 0 amide bonds. The maximum Gasteiger partial charge on any atom is 0.205 e. The quantitative estimate of drug-likeness (QED) is 0.490. The second-order valence-electron chi connectivity index (χ2n) is 6.97. The van der Waals surface area contributed by atoms with Gasteiger partial charge in [-0.3, -0.25) is 4.79 Å². The third-order valence-corrected chi connectivity index (χ3v) is 5.95. The Hall–Kier alpha value is -3.43. The van der Waals surface area contributed by atoms with Gasteiger partial charge in [-0.2, -0.15) is 5.26 Å². The lowest BCUT2D eigenvalue weighted by atomic mass is 9.94. The SMILES string of the molecule is CC(C)c1c(C#N)c(N)nc2sc(C(=O)c3ccc4ccccc4c3)c(N)c12. The van der Waals surface area contributed by atoms with Gasteiger partial charge in [0, 0.05) is 10.9 Å². The number of hydrogen-bond acceptors (Lipinski definition) is 6. The van der Waals surface area contributed by atoms with E-state index in [2.05, 4.69) is 11.1 Å². The van der Waals surface area contributed by atoms with Gasteiger partial charge in [0.15, 0.2) is 0 Å². The molecular weight excluding hydrogens is 368 g/mol. The number of nitrogen functional groups attached to an aromatic ring is 2. The molecule has 6 heteroatoms. The molecule has 0 aliphatic heterocycles.